The number of aliphatic imine (C=N–C) groups is 1. The lowest BCUT2D eigenvalue weighted by atomic mass is 10.0. The van der Waals surface area contributed by atoms with Crippen molar-refractivity contribution in [2.75, 3.05) is 11.9 Å². The van der Waals surface area contributed by atoms with Crippen molar-refractivity contribution in [1.29, 1.82) is 0 Å². The maximum absolute atomic E-state index is 13.8. The quantitative estimate of drug-likeness (QED) is 0.291. The number of aromatic nitrogens is 2. The predicted molar refractivity (Wildman–Crippen MR) is 126 cm³/mol. The summed E-state index contributed by atoms with van der Waals surface area (Å²) >= 11 is 0. The smallest absolute Gasteiger partial charge is 0.207 e. The topological polar surface area (TPSA) is 87.5 Å². The molecule has 0 aliphatic heterocycles. The van der Waals surface area contributed by atoms with E-state index in [1.165, 1.54) is 18.3 Å². The van der Waals surface area contributed by atoms with Gasteiger partial charge in [-0.05, 0) is 47.9 Å². The number of carbonyl (C=O) groups excluding carboxylic acids is 2. The molecule has 0 aliphatic rings. The van der Waals surface area contributed by atoms with Crippen molar-refractivity contribution in [2.24, 2.45) is 4.99 Å². The number of halogens is 2. The van der Waals surface area contributed by atoms with Crippen LogP contribution in [0.1, 0.15) is 41.4 Å². The first kappa shape index (κ1) is 24.6. The number of aldehydes is 1. The normalized spacial score (nSPS) is 12.4. The summed E-state index contributed by atoms with van der Waals surface area (Å²) in [4.78, 5) is 37.9. The standard InChI is InChI=1S/C25H25F2N5O2/c1-16(2)22-7-6-21(13-29-22)32(3)25(31-24-18(14-33)5-4-8-28-24)23(30-15-34)11-17-9-19(26)12-20(27)10-17/h4-10,12-16,23H,11H2,1-3H3,(H,30,34)/b31-25-. The lowest BCUT2D eigenvalue weighted by Crippen LogP contribution is -2.46. The van der Waals surface area contributed by atoms with Crippen LogP contribution in [0.25, 0.3) is 0 Å². The van der Waals surface area contributed by atoms with E-state index >= 15 is 0 Å². The zero-order valence-electron chi connectivity index (χ0n) is 19.1. The summed E-state index contributed by atoms with van der Waals surface area (Å²) in [6, 6.07) is 9.28. The summed E-state index contributed by atoms with van der Waals surface area (Å²) in [6.45, 7) is 4.06. The molecule has 0 radical (unpaired) electrons. The van der Waals surface area contributed by atoms with Crippen LogP contribution in [0, 0.1) is 11.6 Å². The molecule has 0 spiro atoms. The van der Waals surface area contributed by atoms with Crippen molar-refractivity contribution in [2.45, 2.75) is 32.2 Å². The average Bonchev–Trinajstić information content (AvgIpc) is 2.81. The molecule has 0 saturated heterocycles. The largest absolute Gasteiger partial charge is 0.348 e. The summed E-state index contributed by atoms with van der Waals surface area (Å²) in [5.74, 6) is -0.767. The van der Waals surface area contributed by atoms with Crippen LogP contribution < -0.4 is 10.2 Å². The Morgan fingerprint density at radius 1 is 1.12 bits per heavy atom. The summed E-state index contributed by atoms with van der Waals surface area (Å²) in [6.07, 6.45) is 4.32. The molecule has 1 atom stereocenters. The molecule has 1 N–H and O–H groups in total. The van der Waals surface area contributed by atoms with Gasteiger partial charge in [0.05, 0.1) is 23.5 Å². The number of hydrogen-bond donors (Lipinski definition) is 1. The number of benzene rings is 1. The van der Waals surface area contributed by atoms with Gasteiger partial charge < -0.3 is 10.2 Å². The predicted octanol–water partition coefficient (Wildman–Crippen LogP) is 4.21. The molecule has 176 valence electrons. The van der Waals surface area contributed by atoms with E-state index in [4.69, 9.17) is 0 Å². The Kier molecular flexibility index (Phi) is 8.13. The molecule has 2 heterocycles. The van der Waals surface area contributed by atoms with Crippen LogP contribution in [-0.2, 0) is 11.2 Å². The van der Waals surface area contributed by atoms with Crippen molar-refractivity contribution in [3.63, 3.8) is 0 Å². The second-order valence-corrected chi connectivity index (χ2v) is 7.98. The van der Waals surface area contributed by atoms with Gasteiger partial charge in [-0.2, -0.15) is 0 Å². The van der Waals surface area contributed by atoms with E-state index in [1.807, 2.05) is 26.0 Å². The van der Waals surface area contributed by atoms with Crippen molar-refractivity contribution in [1.82, 2.24) is 15.3 Å². The van der Waals surface area contributed by atoms with Gasteiger partial charge in [0.2, 0.25) is 6.41 Å². The van der Waals surface area contributed by atoms with Gasteiger partial charge in [0.1, 0.15) is 17.5 Å². The molecule has 0 fully saturated rings. The second kappa shape index (κ2) is 11.2. The third-order valence-corrected chi connectivity index (χ3v) is 5.20. The van der Waals surface area contributed by atoms with E-state index in [2.05, 4.69) is 20.3 Å². The highest BCUT2D eigenvalue weighted by Crippen LogP contribution is 2.22. The molecule has 1 amide bonds. The van der Waals surface area contributed by atoms with E-state index in [-0.39, 0.29) is 23.7 Å². The Bertz CT molecular complexity index is 1160. The highest BCUT2D eigenvalue weighted by molar-refractivity contribution is 6.03. The SMILES string of the molecule is CC(C)c1ccc(N(C)/C(=N\c2ncccc2C=O)C(Cc2cc(F)cc(F)c2)NC=O)cn1. The van der Waals surface area contributed by atoms with Gasteiger partial charge in [0, 0.05) is 31.4 Å². The molecule has 3 rings (SSSR count). The zero-order chi connectivity index (χ0) is 24.7. The maximum Gasteiger partial charge on any atom is 0.207 e. The molecule has 0 aliphatic carbocycles. The molecule has 0 bridgehead atoms. The number of hydrogen-bond acceptors (Lipinski definition) is 5. The van der Waals surface area contributed by atoms with Crippen molar-refractivity contribution in [3.8, 4) is 0 Å². The molecule has 1 aromatic carbocycles. The monoisotopic (exact) mass is 465 g/mol. The fourth-order valence-corrected chi connectivity index (χ4v) is 3.43. The first-order valence-electron chi connectivity index (χ1n) is 10.7. The molecule has 9 heteroatoms. The fourth-order valence-electron chi connectivity index (χ4n) is 3.43. The minimum absolute atomic E-state index is 0.0390. The number of amidine groups is 1. The average molecular weight is 466 g/mol. The first-order valence-corrected chi connectivity index (χ1v) is 10.7. The molecule has 34 heavy (non-hydrogen) atoms. The van der Waals surface area contributed by atoms with E-state index in [0.717, 1.165) is 11.8 Å². The Balaban J connectivity index is 2.10. The number of pyridine rings is 2. The number of nitrogens with one attached hydrogen (secondary N) is 1. The molecule has 1 unspecified atom stereocenters. The van der Waals surface area contributed by atoms with Crippen molar-refractivity contribution in [3.05, 3.63) is 83.3 Å². The molecule has 3 aromatic rings. The number of nitrogens with zero attached hydrogens (tertiary/aromatic N) is 4. The summed E-state index contributed by atoms with van der Waals surface area (Å²) in [5, 5.41) is 2.67. The molecular formula is C25H25F2N5O2. The lowest BCUT2D eigenvalue weighted by molar-refractivity contribution is -0.109. The Labute approximate surface area is 196 Å². The van der Waals surface area contributed by atoms with E-state index in [1.54, 1.807) is 30.3 Å². The fraction of sp³-hybridized carbons (Fsp3) is 0.240. The first-order chi connectivity index (χ1) is 16.3. The highest BCUT2D eigenvalue weighted by Gasteiger charge is 2.23. The Morgan fingerprint density at radius 3 is 2.44 bits per heavy atom. The van der Waals surface area contributed by atoms with Crippen LogP contribution >= 0.6 is 0 Å². The molecular weight excluding hydrogens is 440 g/mol. The van der Waals surface area contributed by atoms with Crippen molar-refractivity contribution >= 4 is 30.0 Å². The van der Waals surface area contributed by atoms with Crippen LogP contribution in [0.5, 0.6) is 0 Å². The Morgan fingerprint density at radius 2 is 1.85 bits per heavy atom. The van der Waals surface area contributed by atoms with E-state index in [0.29, 0.717) is 29.8 Å². The number of carbonyl (C=O) groups is 2. The maximum atomic E-state index is 13.8. The summed E-state index contributed by atoms with van der Waals surface area (Å²) < 4.78 is 27.6. The van der Waals surface area contributed by atoms with Gasteiger partial charge in [-0.1, -0.05) is 13.8 Å². The third-order valence-electron chi connectivity index (χ3n) is 5.20. The highest BCUT2D eigenvalue weighted by atomic mass is 19.1. The van der Waals surface area contributed by atoms with E-state index < -0.39 is 17.7 Å². The van der Waals surface area contributed by atoms with Gasteiger partial charge in [-0.3, -0.25) is 14.6 Å². The molecule has 0 saturated carbocycles. The molecule has 7 nitrogen and oxygen atoms in total. The number of likely N-dealkylation sites (N-methyl/N-ethyl adjacent to an activating group) is 1. The van der Waals surface area contributed by atoms with Gasteiger partial charge in [-0.25, -0.2) is 18.8 Å². The Hall–Kier alpha value is -4.01. The van der Waals surface area contributed by atoms with Crippen LogP contribution in [0.15, 0.2) is 59.9 Å². The third kappa shape index (κ3) is 6.06. The van der Waals surface area contributed by atoms with Gasteiger partial charge in [-0.15, -0.1) is 0 Å². The lowest BCUT2D eigenvalue weighted by Gasteiger charge is -2.28. The van der Waals surface area contributed by atoms with Gasteiger partial charge in [0.15, 0.2) is 12.1 Å². The summed E-state index contributed by atoms with van der Waals surface area (Å²) in [5.41, 5.74) is 2.14. The van der Waals surface area contributed by atoms with Gasteiger partial charge >= 0.3 is 0 Å². The van der Waals surface area contributed by atoms with Crippen LogP contribution in [-0.4, -0.2) is 41.6 Å². The van der Waals surface area contributed by atoms with Crippen LogP contribution in [0.2, 0.25) is 0 Å². The van der Waals surface area contributed by atoms with Crippen LogP contribution in [0.3, 0.4) is 0 Å². The minimum Gasteiger partial charge on any atom is -0.348 e. The van der Waals surface area contributed by atoms with Crippen molar-refractivity contribution < 1.29 is 18.4 Å². The number of anilines is 1. The minimum atomic E-state index is -0.796. The molecule has 2 aromatic heterocycles. The van der Waals surface area contributed by atoms with Crippen LogP contribution in [0.4, 0.5) is 20.3 Å². The summed E-state index contributed by atoms with van der Waals surface area (Å²) in [7, 11) is 1.72. The second-order valence-electron chi connectivity index (χ2n) is 7.98. The zero-order valence-corrected chi connectivity index (χ0v) is 19.1. The van der Waals surface area contributed by atoms with E-state index in [9.17, 15) is 18.4 Å². The number of rotatable bonds is 9. The van der Waals surface area contributed by atoms with Gasteiger partial charge in [0.25, 0.3) is 0 Å². The number of amides is 1.